The summed E-state index contributed by atoms with van der Waals surface area (Å²) in [4.78, 5) is 19.4. The molecule has 0 aliphatic heterocycles. The van der Waals surface area contributed by atoms with Crippen molar-refractivity contribution in [2.75, 3.05) is 5.43 Å². The summed E-state index contributed by atoms with van der Waals surface area (Å²) in [5.41, 5.74) is 3.89. The van der Waals surface area contributed by atoms with Gasteiger partial charge in [0.1, 0.15) is 5.82 Å². The Morgan fingerprint density at radius 3 is 2.35 bits per heavy atom. The number of fused-ring (bicyclic) bond motifs is 2. The van der Waals surface area contributed by atoms with E-state index in [1.54, 1.807) is 30.3 Å². The molecule has 0 atom stereocenters. The predicted octanol–water partition coefficient (Wildman–Crippen LogP) is 4.80. The van der Waals surface area contributed by atoms with E-state index in [0.717, 1.165) is 10.9 Å². The fourth-order valence-corrected chi connectivity index (χ4v) is 2.55. The molecule has 1 N–H and O–H groups in total. The van der Waals surface area contributed by atoms with Crippen LogP contribution in [0.3, 0.4) is 0 Å². The molecule has 4 rings (SSSR count). The molecule has 2 aromatic carbocycles. The number of para-hydroxylation sites is 2. The van der Waals surface area contributed by atoms with Crippen molar-refractivity contribution in [3.63, 3.8) is 0 Å². The predicted molar refractivity (Wildman–Crippen MR) is 98.3 cm³/mol. The highest BCUT2D eigenvalue weighted by molar-refractivity contribution is 5.83. The SMILES string of the molecule is O=[N+]([O-])c1cc2ccccc2nc1N=NNc1ccc2ccccc2n1. The first kappa shape index (κ1) is 15.6. The van der Waals surface area contributed by atoms with Crippen LogP contribution in [0.15, 0.2) is 77.1 Å². The summed E-state index contributed by atoms with van der Waals surface area (Å²) in [6.07, 6.45) is 0. The molecule has 0 radical (unpaired) electrons. The maximum Gasteiger partial charge on any atom is 0.316 e. The minimum absolute atomic E-state index is 0.0676. The first-order valence-corrected chi connectivity index (χ1v) is 7.77. The van der Waals surface area contributed by atoms with Gasteiger partial charge in [-0.25, -0.2) is 15.4 Å². The van der Waals surface area contributed by atoms with Gasteiger partial charge >= 0.3 is 5.69 Å². The van der Waals surface area contributed by atoms with Gasteiger partial charge < -0.3 is 0 Å². The van der Waals surface area contributed by atoms with Crippen molar-refractivity contribution in [2.45, 2.75) is 0 Å². The van der Waals surface area contributed by atoms with Crippen LogP contribution in [0.5, 0.6) is 0 Å². The smallest absolute Gasteiger partial charge is 0.258 e. The monoisotopic (exact) mass is 344 g/mol. The molecule has 0 aliphatic carbocycles. The molecule has 0 saturated heterocycles. The molecule has 0 unspecified atom stereocenters. The summed E-state index contributed by atoms with van der Waals surface area (Å²) in [6.45, 7) is 0. The summed E-state index contributed by atoms with van der Waals surface area (Å²) in [5.74, 6) is 0.415. The van der Waals surface area contributed by atoms with Gasteiger partial charge in [0, 0.05) is 16.8 Å². The second kappa shape index (κ2) is 6.52. The molecule has 0 bridgehead atoms. The fourth-order valence-electron chi connectivity index (χ4n) is 2.55. The quantitative estimate of drug-likeness (QED) is 0.325. The fraction of sp³-hybridized carbons (Fsp3) is 0. The van der Waals surface area contributed by atoms with Gasteiger partial charge in [-0.05, 0) is 24.3 Å². The third-order valence-corrected chi connectivity index (χ3v) is 3.79. The molecule has 4 aromatic rings. The molecule has 26 heavy (non-hydrogen) atoms. The zero-order valence-electron chi connectivity index (χ0n) is 13.4. The van der Waals surface area contributed by atoms with E-state index in [2.05, 4.69) is 25.7 Å². The Morgan fingerprint density at radius 2 is 1.58 bits per heavy atom. The normalized spacial score (nSPS) is 11.2. The molecule has 8 heteroatoms. The van der Waals surface area contributed by atoms with E-state index in [-0.39, 0.29) is 11.5 Å². The molecule has 0 spiro atoms. The van der Waals surface area contributed by atoms with Crippen LogP contribution in [-0.2, 0) is 0 Å². The first-order valence-electron chi connectivity index (χ1n) is 7.77. The molecule has 0 saturated carbocycles. The summed E-state index contributed by atoms with van der Waals surface area (Å²) in [5, 5.41) is 20.6. The largest absolute Gasteiger partial charge is 0.316 e. The lowest BCUT2D eigenvalue weighted by Gasteiger charge is -2.02. The highest BCUT2D eigenvalue weighted by Crippen LogP contribution is 2.29. The average molecular weight is 344 g/mol. The topological polar surface area (TPSA) is 106 Å². The lowest BCUT2D eigenvalue weighted by atomic mass is 10.2. The highest BCUT2D eigenvalue weighted by atomic mass is 16.6. The van der Waals surface area contributed by atoms with Gasteiger partial charge in [0.2, 0.25) is 0 Å². The molecular weight excluding hydrogens is 332 g/mol. The zero-order valence-corrected chi connectivity index (χ0v) is 13.4. The maximum atomic E-state index is 11.3. The third kappa shape index (κ3) is 3.03. The number of nitrogens with zero attached hydrogens (tertiary/aromatic N) is 5. The van der Waals surface area contributed by atoms with Gasteiger partial charge in [-0.3, -0.25) is 10.1 Å². The van der Waals surface area contributed by atoms with Crippen molar-refractivity contribution >= 4 is 39.1 Å². The van der Waals surface area contributed by atoms with Crippen LogP contribution in [0.4, 0.5) is 17.3 Å². The van der Waals surface area contributed by atoms with Crippen molar-refractivity contribution in [3.05, 3.63) is 76.8 Å². The van der Waals surface area contributed by atoms with E-state index in [1.165, 1.54) is 6.07 Å². The second-order valence-electron chi connectivity index (χ2n) is 5.48. The second-order valence-corrected chi connectivity index (χ2v) is 5.48. The summed E-state index contributed by atoms with van der Waals surface area (Å²) in [6, 6.07) is 19.9. The standard InChI is InChI=1S/C18H12N6O2/c25-24(26)16-11-13-6-2-4-8-15(13)20-18(16)22-23-21-17-10-9-12-5-1-3-7-14(12)19-17/h1-11H,(H,19,20,21,22). The summed E-state index contributed by atoms with van der Waals surface area (Å²) >= 11 is 0. The van der Waals surface area contributed by atoms with Crippen LogP contribution in [0.2, 0.25) is 0 Å². The van der Waals surface area contributed by atoms with Crippen LogP contribution >= 0.6 is 0 Å². The average Bonchev–Trinajstić information content (AvgIpc) is 2.67. The molecule has 2 aromatic heterocycles. The number of hydrogen-bond acceptors (Lipinski definition) is 6. The number of hydrogen-bond donors (Lipinski definition) is 1. The summed E-state index contributed by atoms with van der Waals surface area (Å²) in [7, 11) is 0. The molecule has 126 valence electrons. The van der Waals surface area contributed by atoms with Crippen molar-refractivity contribution in [2.24, 2.45) is 10.3 Å². The van der Waals surface area contributed by atoms with Gasteiger partial charge in [-0.2, -0.15) is 0 Å². The van der Waals surface area contributed by atoms with E-state index in [9.17, 15) is 10.1 Å². The zero-order chi connectivity index (χ0) is 17.9. The van der Waals surface area contributed by atoms with E-state index >= 15 is 0 Å². The van der Waals surface area contributed by atoms with E-state index in [0.29, 0.717) is 16.7 Å². The Labute approximate surface area is 147 Å². The number of benzene rings is 2. The Hall–Kier alpha value is -3.94. The van der Waals surface area contributed by atoms with E-state index in [1.807, 2.05) is 30.3 Å². The molecule has 0 fully saturated rings. The van der Waals surface area contributed by atoms with Crippen LogP contribution in [0, 0.1) is 10.1 Å². The number of rotatable bonds is 4. The van der Waals surface area contributed by atoms with Crippen LogP contribution in [0.25, 0.3) is 21.8 Å². The Bertz CT molecular complexity index is 1160. The van der Waals surface area contributed by atoms with Gasteiger partial charge in [0.25, 0.3) is 5.82 Å². The van der Waals surface area contributed by atoms with Crippen molar-refractivity contribution in [3.8, 4) is 0 Å². The molecule has 0 amide bonds. The Morgan fingerprint density at radius 1 is 0.885 bits per heavy atom. The number of aromatic nitrogens is 2. The van der Waals surface area contributed by atoms with Gasteiger partial charge in [-0.15, -0.1) is 5.11 Å². The third-order valence-electron chi connectivity index (χ3n) is 3.79. The Balaban J connectivity index is 1.64. The van der Waals surface area contributed by atoms with Crippen molar-refractivity contribution in [1.82, 2.24) is 9.97 Å². The maximum absolute atomic E-state index is 11.3. The van der Waals surface area contributed by atoms with E-state index < -0.39 is 4.92 Å². The van der Waals surface area contributed by atoms with Crippen molar-refractivity contribution < 1.29 is 4.92 Å². The van der Waals surface area contributed by atoms with Gasteiger partial charge in [0.15, 0.2) is 0 Å². The first-order chi connectivity index (χ1) is 12.7. The van der Waals surface area contributed by atoms with Crippen molar-refractivity contribution in [1.29, 1.82) is 0 Å². The van der Waals surface area contributed by atoms with Crippen LogP contribution < -0.4 is 5.43 Å². The minimum atomic E-state index is -0.526. The van der Waals surface area contributed by atoms with Crippen LogP contribution in [0.1, 0.15) is 0 Å². The highest BCUT2D eigenvalue weighted by Gasteiger charge is 2.16. The molecule has 2 heterocycles. The van der Waals surface area contributed by atoms with E-state index in [4.69, 9.17) is 0 Å². The number of anilines is 1. The Kier molecular flexibility index (Phi) is 3.91. The molecular formula is C18H12N6O2. The lowest BCUT2D eigenvalue weighted by Crippen LogP contribution is -1.93. The minimum Gasteiger partial charge on any atom is -0.258 e. The molecule has 0 aliphatic rings. The number of nitrogens with one attached hydrogen (secondary N) is 1. The van der Waals surface area contributed by atoms with Gasteiger partial charge in [0.05, 0.1) is 16.0 Å². The van der Waals surface area contributed by atoms with Gasteiger partial charge in [-0.1, -0.05) is 41.6 Å². The molecule has 8 nitrogen and oxygen atoms in total. The van der Waals surface area contributed by atoms with Crippen LogP contribution in [-0.4, -0.2) is 14.9 Å². The number of pyridine rings is 2. The summed E-state index contributed by atoms with van der Waals surface area (Å²) < 4.78 is 0. The number of nitro groups is 1. The lowest BCUT2D eigenvalue weighted by molar-refractivity contribution is -0.384.